The quantitative estimate of drug-likeness (QED) is 0.851. The highest BCUT2D eigenvalue weighted by Gasteiger charge is 2.31. The van der Waals surface area contributed by atoms with E-state index in [1.807, 2.05) is 24.0 Å². The molecule has 1 aromatic rings. The van der Waals surface area contributed by atoms with Crippen LogP contribution in [0.5, 0.6) is 0 Å². The van der Waals surface area contributed by atoms with Gasteiger partial charge in [0, 0.05) is 26.2 Å². The van der Waals surface area contributed by atoms with Crippen LogP contribution in [0.4, 0.5) is 4.79 Å². The van der Waals surface area contributed by atoms with E-state index in [9.17, 15) is 9.59 Å². The fraction of sp³-hybridized carbons (Fsp3) is 0.579. The molecule has 24 heavy (non-hydrogen) atoms. The average molecular weight is 332 g/mol. The smallest absolute Gasteiger partial charge is 0.409 e. The van der Waals surface area contributed by atoms with E-state index in [0.717, 1.165) is 5.56 Å². The van der Waals surface area contributed by atoms with Gasteiger partial charge in [0.1, 0.15) is 0 Å². The fourth-order valence-electron chi connectivity index (χ4n) is 3.11. The van der Waals surface area contributed by atoms with Crippen LogP contribution in [-0.4, -0.2) is 54.6 Å². The molecule has 132 valence electrons. The first kappa shape index (κ1) is 18.3. The summed E-state index contributed by atoms with van der Waals surface area (Å²) in [7, 11) is 0. The van der Waals surface area contributed by atoms with Gasteiger partial charge >= 0.3 is 6.09 Å². The Kier molecular flexibility index (Phi) is 6.23. The van der Waals surface area contributed by atoms with Gasteiger partial charge in [-0.1, -0.05) is 43.7 Å². The molecule has 1 aromatic carbocycles. The van der Waals surface area contributed by atoms with Crippen LogP contribution in [0.1, 0.15) is 37.8 Å². The molecule has 5 nitrogen and oxygen atoms in total. The maximum absolute atomic E-state index is 13.0. The third kappa shape index (κ3) is 4.28. The van der Waals surface area contributed by atoms with Crippen molar-refractivity contribution in [2.75, 3.05) is 32.8 Å². The number of benzene rings is 1. The number of hydrogen-bond donors (Lipinski definition) is 0. The number of amides is 2. The predicted molar refractivity (Wildman–Crippen MR) is 93.9 cm³/mol. The van der Waals surface area contributed by atoms with Crippen LogP contribution < -0.4 is 0 Å². The number of hydrogen-bond acceptors (Lipinski definition) is 3. The second-order valence-electron chi connectivity index (χ2n) is 6.64. The van der Waals surface area contributed by atoms with Crippen molar-refractivity contribution >= 4 is 12.0 Å². The molecule has 1 atom stereocenters. The number of nitrogens with zero attached hydrogens (tertiary/aromatic N) is 2. The first-order valence-electron chi connectivity index (χ1n) is 8.71. The van der Waals surface area contributed by atoms with Gasteiger partial charge in [-0.05, 0) is 25.3 Å². The van der Waals surface area contributed by atoms with Gasteiger partial charge in [0.2, 0.25) is 5.91 Å². The Bertz CT molecular complexity index is 560. The first-order valence-corrected chi connectivity index (χ1v) is 8.71. The van der Waals surface area contributed by atoms with Crippen LogP contribution in [0.15, 0.2) is 24.3 Å². The summed E-state index contributed by atoms with van der Waals surface area (Å²) in [6, 6.07) is 8.20. The minimum Gasteiger partial charge on any atom is -0.450 e. The van der Waals surface area contributed by atoms with Crippen molar-refractivity contribution in [1.29, 1.82) is 0 Å². The third-order valence-electron chi connectivity index (χ3n) is 4.49. The minimum absolute atomic E-state index is 0.139. The van der Waals surface area contributed by atoms with Crippen molar-refractivity contribution in [3.63, 3.8) is 0 Å². The number of piperazine rings is 1. The highest BCUT2D eigenvalue weighted by molar-refractivity contribution is 5.84. The Balaban J connectivity index is 2.04. The summed E-state index contributed by atoms with van der Waals surface area (Å²) in [4.78, 5) is 28.3. The molecule has 1 aliphatic heterocycles. The summed E-state index contributed by atoms with van der Waals surface area (Å²) in [6.45, 7) is 10.6. The molecule has 1 unspecified atom stereocenters. The van der Waals surface area contributed by atoms with E-state index < -0.39 is 0 Å². The van der Waals surface area contributed by atoms with Gasteiger partial charge in [-0.25, -0.2) is 4.79 Å². The molecular weight excluding hydrogens is 304 g/mol. The van der Waals surface area contributed by atoms with Crippen LogP contribution in [0.3, 0.4) is 0 Å². The Morgan fingerprint density at radius 3 is 2.08 bits per heavy atom. The monoisotopic (exact) mass is 332 g/mol. The fourth-order valence-corrected chi connectivity index (χ4v) is 3.11. The molecular formula is C19H28N2O3. The average Bonchev–Trinajstić information content (AvgIpc) is 2.57. The lowest BCUT2D eigenvalue weighted by molar-refractivity contribution is -0.135. The third-order valence-corrected chi connectivity index (χ3v) is 4.49. The van der Waals surface area contributed by atoms with Gasteiger partial charge in [0.05, 0.1) is 12.5 Å². The van der Waals surface area contributed by atoms with E-state index in [-0.39, 0.29) is 23.8 Å². The van der Waals surface area contributed by atoms with E-state index >= 15 is 0 Å². The highest BCUT2D eigenvalue weighted by atomic mass is 16.6. The summed E-state index contributed by atoms with van der Waals surface area (Å²) in [5, 5.41) is 0. The second-order valence-corrected chi connectivity index (χ2v) is 6.64. The molecule has 0 spiro atoms. The maximum atomic E-state index is 13.0. The van der Waals surface area contributed by atoms with Gasteiger partial charge < -0.3 is 14.5 Å². The Hall–Kier alpha value is -2.04. The Morgan fingerprint density at radius 2 is 1.58 bits per heavy atom. The van der Waals surface area contributed by atoms with Crippen LogP contribution in [0, 0.1) is 12.8 Å². The molecule has 0 aliphatic carbocycles. The summed E-state index contributed by atoms with van der Waals surface area (Å²) >= 11 is 0. The summed E-state index contributed by atoms with van der Waals surface area (Å²) in [5.74, 6) is 0.236. The molecule has 2 rings (SSSR count). The Morgan fingerprint density at radius 1 is 1.04 bits per heavy atom. The van der Waals surface area contributed by atoms with Crippen LogP contribution in [0.2, 0.25) is 0 Å². The molecule has 0 saturated carbocycles. The summed E-state index contributed by atoms with van der Waals surface area (Å²) < 4.78 is 5.03. The number of rotatable bonds is 4. The van der Waals surface area contributed by atoms with Gasteiger partial charge in [-0.3, -0.25) is 4.79 Å². The Labute approximate surface area is 144 Å². The summed E-state index contributed by atoms with van der Waals surface area (Å²) in [5.41, 5.74) is 2.25. The summed E-state index contributed by atoms with van der Waals surface area (Å²) in [6.07, 6.45) is -0.288. The molecule has 5 heteroatoms. The van der Waals surface area contributed by atoms with Crippen LogP contribution in [-0.2, 0) is 9.53 Å². The molecule has 1 saturated heterocycles. The molecule has 1 fully saturated rings. The second kappa shape index (κ2) is 8.18. The van der Waals surface area contributed by atoms with Gasteiger partial charge in [-0.2, -0.15) is 0 Å². The highest BCUT2D eigenvalue weighted by Crippen LogP contribution is 2.27. The lowest BCUT2D eigenvalue weighted by Crippen LogP contribution is -2.52. The number of ether oxygens (including phenoxy) is 1. The molecule has 1 heterocycles. The van der Waals surface area contributed by atoms with Crippen LogP contribution >= 0.6 is 0 Å². The van der Waals surface area contributed by atoms with E-state index in [1.165, 1.54) is 5.56 Å². The molecule has 0 radical (unpaired) electrons. The minimum atomic E-state index is -0.288. The standard InChI is InChI=1S/C19H28N2O3/c1-5-24-19(23)21-12-10-20(11-13-21)18(22)17(14(2)3)16-8-6-15(4)7-9-16/h6-9,14,17H,5,10-13H2,1-4H3. The maximum Gasteiger partial charge on any atom is 0.409 e. The van der Waals surface area contributed by atoms with Crippen molar-refractivity contribution in [3.8, 4) is 0 Å². The lowest BCUT2D eigenvalue weighted by atomic mass is 9.86. The van der Waals surface area contributed by atoms with E-state index in [1.54, 1.807) is 11.8 Å². The zero-order valence-electron chi connectivity index (χ0n) is 15.1. The lowest BCUT2D eigenvalue weighted by Gasteiger charge is -2.36. The van der Waals surface area contributed by atoms with Crippen LogP contribution in [0.25, 0.3) is 0 Å². The van der Waals surface area contributed by atoms with Crippen molar-refractivity contribution in [2.45, 2.75) is 33.6 Å². The van der Waals surface area contributed by atoms with Gasteiger partial charge in [0.15, 0.2) is 0 Å². The largest absolute Gasteiger partial charge is 0.450 e. The van der Waals surface area contributed by atoms with Crippen molar-refractivity contribution < 1.29 is 14.3 Å². The van der Waals surface area contributed by atoms with Gasteiger partial charge in [0.25, 0.3) is 0 Å². The molecule has 2 amide bonds. The topological polar surface area (TPSA) is 49.9 Å². The predicted octanol–water partition coefficient (Wildman–Crippen LogP) is 3.04. The molecule has 1 aliphatic rings. The number of carbonyl (C=O) groups is 2. The molecule has 0 N–H and O–H groups in total. The molecule has 0 bridgehead atoms. The molecule has 0 aromatic heterocycles. The zero-order chi connectivity index (χ0) is 17.7. The van der Waals surface area contributed by atoms with E-state index in [2.05, 4.69) is 26.0 Å². The van der Waals surface area contributed by atoms with Crippen molar-refractivity contribution in [2.24, 2.45) is 5.92 Å². The normalized spacial score (nSPS) is 16.2. The van der Waals surface area contributed by atoms with Crippen molar-refractivity contribution in [1.82, 2.24) is 9.80 Å². The number of carbonyl (C=O) groups excluding carboxylic acids is 2. The van der Waals surface area contributed by atoms with E-state index in [0.29, 0.717) is 32.8 Å². The number of aryl methyl sites for hydroxylation is 1. The van der Waals surface area contributed by atoms with E-state index in [4.69, 9.17) is 4.74 Å². The van der Waals surface area contributed by atoms with Crippen molar-refractivity contribution in [3.05, 3.63) is 35.4 Å². The zero-order valence-corrected chi connectivity index (χ0v) is 15.1. The van der Waals surface area contributed by atoms with Gasteiger partial charge in [-0.15, -0.1) is 0 Å². The SMILES string of the molecule is CCOC(=O)N1CCN(C(=O)C(c2ccc(C)cc2)C(C)C)CC1. The first-order chi connectivity index (χ1) is 11.4.